The maximum Gasteiger partial charge on any atom is 0.351 e. The molecule has 0 bridgehead atoms. The van der Waals surface area contributed by atoms with Gasteiger partial charge in [0, 0.05) is 12.0 Å². The van der Waals surface area contributed by atoms with E-state index in [0.29, 0.717) is 0 Å². The summed E-state index contributed by atoms with van der Waals surface area (Å²) in [5, 5.41) is 18.7. The first-order valence-electron chi connectivity index (χ1n) is 8.25. The average molecular weight is 343 g/mol. The molecule has 0 aromatic heterocycles. The molecule has 5 nitrogen and oxygen atoms in total. The van der Waals surface area contributed by atoms with E-state index in [1.54, 1.807) is 0 Å². The van der Waals surface area contributed by atoms with Crippen LogP contribution in [0.15, 0.2) is 48.5 Å². The number of carboxylic acids is 2. The first-order chi connectivity index (χ1) is 11.9. The van der Waals surface area contributed by atoms with Crippen LogP contribution in [0.3, 0.4) is 0 Å². The van der Waals surface area contributed by atoms with Gasteiger partial charge >= 0.3 is 5.97 Å². The molecular weight excluding hydrogens is 318 g/mol. The molecule has 2 aromatic carbocycles. The summed E-state index contributed by atoms with van der Waals surface area (Å²) in [4.78, 5) is 18.0. The van der Waals surface area contributed by atoms with Gasteiger partial charge in [-0.2, -0.15) is 0 Å². The summed E-state index contributed by atoms with van der Waals surface area (Å²) in [6, 6.07) is 17.6. The van der Waals surface area contributed by atoms with E-state index in [4.69, 9.17) is 19.8 Å². The second-order valence-electron chi connectivity index (χ2n) is 5.96. The number of carbonyl (C=O) groups is 2. The van der Waals surface area contributed by atoms with Crippen LogP contribution in [0.2, 0.25) is 0 Å². The molecule has 134 valence electrons. The average Bonchev–Trinajstić information content (AvgIpc) is 2.55. The highest BCUT2D eigenvalue weighted by Gasteiger charge is 1.99. The molecule has 0 fully saturated rings. The van der Waals surface area contributed by atoms with Gasteiger partial charge in [0.1, 0.15) is 6.54 Å². The van der Waals surface area contributed by atoms with Crippen LogP contribution in [0.25, 0.3) is 0 Å². The second-order valence-corrected chi connectivity index (χ2v) is 5.96. The Morgan fingerprint density at radius 1 is 1.00 bits per heavy atom. The molecule has 0 aliphatic rings. The minimum atomic E-state index is -2.07. The first-order valence-corrected chi connectivity index (χ1v) is 8.25. The monoisotopic (exact) mass is 343 g/mol. The van der Waals surface area contributed by atoms with E-state index in [2.05, 4.69) is 67.7 Å². The third-order valence-electron chi connectivity index (χ3n) is 3.55. The Morgan fingerprint density at radius 2 is 1.56 bits per heavy atom. The molecule has 0 saturated carbocycles. The fourth-order valence-corrected chi connectivity index (χ4v) is 2.55. The van der Waals surface area contributed by atoms with Gasteiger partial charge in [-0.3, -0.25) is 0 Å². The lowest BCUT2D eigenvalue weighted by Gasteiger charge is -2.05. The predicted octanol–water partition coefficient (Wildman–Crippen LogP) is 0.821. The van der Waals surface area contributed by atoms with Crippen molar-refractivity contribution in [1.29, 1.82) is 0 Å². The van der Waals surface area contributed by atoms with Gasteiger partial charge in [0.15, 0.2) is 5.97 Å². The van der Waals surface area contributed by atoms with Gasteiger partial charge in [-0.15, -0.1) is 0 Å². The zero-order chi connectivity index (χ0) is 18.7. The van der Waals surface area contributed by atoms with Crippen molar-refractivity contribution in [2.75, 3.05) is 6.54 Å². The maximum absolute atomic E-state index is 9.04. The minimum Gasteiger partial charge on any atom is -0.539 e. The van der Waals surface area contributed by atoms with Crippen LogP contribution in [-0.2, 0) is 22.6 Å². The smallest absolute Gasteiger partial charge is 0.351 e. The third-order valence-corrected chi connectivity index (χ3v) is 3.55. The fraction of sp³-hybridized carbons (Fsp3) is 0.300. The lowest BCUT2D eigenvalue weighted by molar-refractivity contribution is -0.670. The quantitative estimate of drug-likeness (QED) is 0.600. The number of rotatable bonds is 6. The van der Waals surface area contributed by atoms with E-state index in [9.17, 15) is 0 Å². The molecule has 25 heavy (non-hydrogen) atoms. The second kappa shape index (κ2) is 11.0. The molecule has 0 spiro atoms. The van der Waals surface area contributed by atoms with Crippen LogP contribution in [0, 0.1) is 13.8 Å². The van der Waals surface area contributed by atoms with Crippen molar-refractivity contribution in [3.63, 3.8) is 0 Å². The first kappa shape index (κ1) is 20.4. The Labute approximate surface area is 148 Å². The fourth-order valence-electron chi connectivity index (χ4n) is 2.55. The molecule has 0 heterocycles. The van der Waals surface area contributed by atoms with Crippen molar-refractivity contribution in [3.8, 4) is 0 Å². The molecule has 0 radical (unpaired) electrons. The molecule has 0 saturated heterocycles. The van der Waals surface area contributed by atoms with Gasteiger partial charge in [0.05, 0.1) is 6.54 Å². The largest absolute Gasteiger partial charge is 0.539 e. The molecule has 0 atom stereocenters. The van der Waals surface area contributed by atoms with Crippen LogP contribution in [0.1, 0.15) is 28.7 Å². The van der Waals surface area contributed by atoms with Crippen molar-refractivity contribution < 1.29 is 25.1 Å². The van der Waals surface area contributed by atoms with Crippen molar-refractivity contribution in [3.05, 3.63) is 70.8 Å². The molecule has 3 N–H and O–H groups in total. The number of benzene rings is 2. The zero-order valence-corrected chi connectivity index (χ0v) is 14.7. The van der Waals surface area contributed by atoms with E-state index in [1.807, 2.05) is 0 Å². The van der Waals surface area contributed by atoms with Crippen molar-refractivity contribution in [2.45, 2.75) is 33.2 Å². The summed E-state index contributed by atoms with van der Waals surface area (Å²) in [5.74, 6) is -4.01. The number of carbonyl (C=O) groups excluding carboxylic acids is 1. The predicted molar refractivity (Wildman–Crippen MR) is 93.8 cm³/mol. The summed E-state index contributed by atoms with van der Waals surface area (Å²) in [6.45, 7) is 6.64. The van der Waals surface area contributed by atoms with E-state index in [-0.39, 0.29) is 0 Å². The number of nitrogens with two attached hydrogens (primary N) is 1. The van der Waals surface area contributed by atoms with E-state index < -0.39 is 11.9 Å². The molecular formula is C20H25NO4. The Hall–Kier alpha value is -2.66. The standard InChI is InChI=1S/C18H23N.C2H2O4/c1-15-11-16(2)13-18(12-15)14-19-10-6-9-17-7-4-3-5-8-17;3-1(4)2(5)6/h3-5,7-8,11-13,19H,6,9-10,14H2,1-2H3;(H,3,4)(H,5,6). The molecule has 0 aliphatic heterocycles. The van der Waals surface area contributed by atoms with Gasteiger partial charge in [0.2, 0.25) is 0 Å². The topological polar surface area (TPSA) is 94.0 Å². The zero-order valence-electron chi connectivity index (χ0n) is 14.7. The lowest BCUT2D eigenvalue weighted by atomic mass is 10.1. The minimum absolute atomic E-state index is 1.09. The summed E-state index contributed by atoms with van der Waals surface area (Å²) in [5.41, 5.74) is 5.62. The molecule has 5 heteroatoms. The van der Waals surface area contributed by atoms with Gasteiger partial charge in [-0.1, -0.05) is 59.7 Å². The number of hydrogen-bond acceptors (Lipinski definition) is 3. The summed E-state index contributed by atoms with van der Waals surface area (Å²) in [6.07, 6.45) is 2.43. The number of aryl methyl sites for hydroxylation is 3. The number of quaternary nitrogens is 1. The van der Waals surface area contributed by atoms with Gasteiger partial charge < -0.3 is 20.3 Å². The van der Waals surface area contributed by atoms with Crippen LogP contribution in [-0.4, -0.2) is 23.6 Å². The Morgan fingerprint density at radius 3 is 2.08 bits per heavy atom. The molecule has 2 rings (SSSR count). The molecule has 2 aromatic rings. The van der Waals surface area contributed by atoms with Gasteiger partial charge in [-0.05, 0) is 25.8 Å². The van der Waals surface area contributed by atoms with Crippen molar-refractivity contribution >= 4 is 11.9 Å². The summed E-state index contributed by atoms with van der Waals surface area (Å²) in [7, 11) is 0. The summed E-state index contributed by atoms with van der Waals surface area (Å²) < 4.78 is 0. The van der Waals surface area contributed by atoms with Gasteiger partial charge in [-0.25, -0.2) is 4.79 Å². The normalized spacial score (nSPS) is 9.84. The Bertz CT molecular complexity index is 651. The van der Waals surface area contributed by atoms with Crippen molar-refractivity contribution in [1.82, 2.24) is 0 Å². The van der Waals surface area contributed by atoms with Gasteiger partial charge in [0.25, 0.3) is 0 Å². The Balaban J connectivity index is 0.000000450. The number of hydrogen-bond donors (Lipinski definition) is 2. The summed E-state index contributed by atoms with van der Waals surface area (Å²) >= 11 is 0. The Kier molecular flexibility index (Phi) is 8.96. The van der Waals surface area contributed by atoms with Crippen LogP contribution in [0.4, 0.5) is 0 Å². The van der Waals surface area contributed by atoms with E-state index >= 15 is 0 Å². The highest BCUT2D eigenvalue weighted by atomic mass is 16.4. The highest BCUT2D eigenvalue weighted by molar-refractivity contribution is 6.26. The van der Waals surface area contributed by atoms with E-state index in [1.165, 1.54) is 41.6 Å². The van der Waals surface area contributed by atoms with Crippen LogP contribution in [0.5, 0.6) is 0 Å². The molecule has 0 aliphatic carbocycles. The lowest BCUT2D eigenvalue weighted by Crippen LogP contribution is -2.82. The third kappa shape index (κ3) is 9.27. The highest BCUT2D eigenvalue weighted by Crippen LogP contribution is 2.07. The van der Waals surface area contributed by atoms with E-state index in [0.717, 1.165) is 6.54 Å². The van der Waals surface area contributed by atoms with Crippen LogP contribution >= 0.6 is 0 Å². The molecule has 0 amide bonds. The SMILES string of the molecule is Cc1cc(C)cc(C[NH2+]CCCc2ccccc2)c1.O=C([O-])C(=O)O. The van der Waals surface area contributed by atoms with Crippen LogP contribution < -0.4 is 10.4 Å². The molecule has 0 unspecified atom stereocenters. The number of carboxylic acid groups (broad SMARTS) is 2. The van der Waals surface area contributed by atoms with Crippen molar-refractivity contribution in [2.24, 2.45) is 0 Å². The maximum atomic E-state index is 9.04. The number of aliphatic carboxylic acids is 2.